The molecular formula is C22H42N2O4. The molecule has 0 unspecified atom stereocenters. The minimum Gasteiger partial charge on any atom is -0.480 e. The van der Waals surface area contributed by atoms with Gasteiger partial charge >= 0.3 is 5.97 Å². The lowest BCUT2D eigenvalue weighted by Crippen LogP contribution is -2.37. The predicted octanol–water partition coefficient (Wildman–Crippen LogP) is 4.64. The Morgan fingerprint density at radius 2 is 1.21 bits per heavy atom. The Labute approximate surface area is 171 Å². The van der Waals surface area contributed by atoms with Gasteiger partial charge in [0, 0.05) is 19.4 Å². The van der Waals surface area contributed by atoms with E-state index in [0.29, 0.717) is 38.6 Å². The van der Waals surface area contributed by atoms with Crippen LogP contribution in [0.15, 0.2) is 0 Å². The molecule has 1 atom stereocenters. The van der Waals surface area contributed by atoms with Crippen LogP contribution in [0.25, 0.3) is 0 Å². The number of hydrogen-bond donors (Lipinski definition) is 2. The highest BCUT2D eigenvalue weighted by Gasteiger charge is 2.20. The van der Waals surface area contributed by atoms with Crippen LogP contribution in [0.4, 0.5) is 0 Å². The average Bonchev–Trinajstić information content (AvgIpc) is 2.67. The van der Waals surface area contributed by atoms with Crippen LogP contribution in [0.2, 0.25) is 0 Å². The number of nitrogens with two attached hydrogens (primary N) is 1. The monoisotopic (exact) mass is 398 g/mol. The number of nitrogens with zero attached hydrogens (tertiary/aromatic N) is 1. The molecule has 0 spiro atoms. The van der Waals surface area contributed by atoms with E-state index in [9.17, 15) is 14.4 Å². The Bertz CT molecular complexity index is 414. The molecule has 0 heterocycles. The zero-order valence-corrected chi connectivity index (χ0v) is 18.1. The fourth-order valence-corrected chi connectivity index (χ4v) is 3.18. The molecule has 0 radical (unpaired) electrons. The first-order chi connectivity index (χ1) is 13.4. The molecule has 0 aliphatic rings. The summed E-state index contributed by atoms with van der Waals surface area (Å²) in [5.41, 5.74) is 5.52. The standard InChI is InChI=1S/C22H42N2O4/c1-3-5-7-9-11-16-20(25)24(18-14-13-15-19(23)22(27)28)21(26)17-12-10-8-6-4-2/h19H,3-18,23H2,1-2H3,(H,27,28)/t19-/m0/s1. The van der Waals surface area contributed by atoms with Gasteiger partial charge in [0.2, 0.25) is 11.8 Å². The molecule has 0 rings (SSSR count). The SMILES string of the molecule is CCCCCCCC(=O)N(CCCC[C@H](N)C(=O)O)C(=O)CCCCCCC. The summed E-state index contributed by atoms with van der Waals surface area (Å²) in [6.07, 6.45) is 13.0. The third kappa shape index (κ3) is 13.7. The molecule has 0 bridgehead atoms. The van der Waals surface area contributed by atoms with Crippen molar-refractivity contribution < 1.29 is 19.5 Å². The number of carboxylic acids is 1. The second kappa shape index (κ2) is 17.7. The van der Waals surface area contributed by atoms with Crippen molar-refractivity contribution in [3.05, 3.63) is 0 Å². The maximum absolute atomic E-state index is 12.6. The van der Waals surface area contributed by atoms with Gasteiger partial charge in [0.25, 0.3) is 0 Å². The molecule has 0 fully saturated rings. The summed E-state index contributed by atoms with van der Waals surface area (Å²) in [5.74, 6) is -1.18. The van der Waals surface area contributed by atoms with E-state index in [1.54, 1.807) is 0 Å². The second-order valence-corrected chi connectivity index (χ2v) is 7.71. The van der Waals surface area contributed by atoms with Gasteiger partial charge in [0.05, 0.1) is 0 Å². The van der Waals surface area contributed by atoms with Crippen molar-refractivity contribution in [3.8, 4) is 0 Å². The van der Waals surface area contributed by atoms with Crippen molar-refractivity contribution in [1.82, 2.24) is 4.90 Å². The van der Waals surface area contributed by atoms with Crippen LogP contribution < -0.4 is 5.73 Å². The van der Waals surface area contributed by atoms with E-state index in [-0.39, 0.29) is 11.8 Å². The van der Waals surface area contributed by atoms with Gasteiger partial charge in [-0.25, -0.2) is 0 Å². The largest absolute Gasteiger partial charge is 0.480 e. The van der Waals surface area contributed by atoms with Gasteiger partial charge in [0.15, 0.2) is 0 Å². The van der Waals surface area contributed by atoms with Gasteiger partial charge in [0.1, 0.15) is 6.04 Å². The minimum atomic E-state index is -1.01. The van der Waals surface area contributed by atoms with Crippen LogP contribution in [0.1, 0.15) is 110 Å². The summed E-state index contributed by atoms with van der Waals surface area (Å²) in [5, 5.41) is 8.84. The molecule has 0 saturated carbocycles. The first kappa shape index (κ1) is 26.6. The van der Waals surface area contributed by atoms with E-state index in [0.717, 1.165) is 51.4 Å². The normalized spacial score (nSPS) is 12.0. The first-order valence-electron chi connectivity index (χ1n) is 11.3. The van der Waals surface area contributed by atoms with Crippen LogP contribution in [-0.2, 0) is 14.4 Å². The number of rotatable bonds is 18. The van der Waals surface area contributed by atoms with Crippen molar-refractivity contribution in [2.24, 2.45) is 5.73 Å². The van der Waals surface area contributed by atoms with Crippen LogP contribution in [0.3, 0.4) is 0 Å². The summed E-state index contributed by atoms with van der Waals surface area (Å²) in [7, 11) is 0. The average molecular weight is 399 g/mol. The molecule has 0 saturated heterocycles. The molecule has 6 heteroatoms. The van der Waals surface area contributed by atoms with Crippen molar-refractivity contribution in [1.29, 1.82) is 0 Å². The summed E-state index contributed by atoms with van der Waals surface area (Å²) >= 11 is 0. The van der Waals surface area contributed by atoms with E-state index in [1.807, 2.05) is 0 Å². The second-order valence-electron chi connectivity index (χ2n) is 7.71. The lowest BCUT2D eigenvalue weighted by Gasteiger charge is -2.21. The van der Waals surface area contributed by atoms with Crippen molar-refractivity contribution in [3.63, 3.8) is 0 Å². The number of carboxylic acid groups (broad SMARTS) is 1. The van der Waals surface area contributed by atoms with Gasteiger partial charge in [-0.1, -0.05) is 65.2 Å². The summed E-state index contributed by atoms with van der Waals surface area (Å²) < 4.78 is 0. The van der Waals surface area contributed by atoms with E-state index in [4.69, 9.17) is 10.8 Å². The molecule has 0 aromatic heterocycles. The zero-order valence-electron chi connectivity index (χ0n) is 18.1. The smallest absolute Gasteiger partial charge is 0.320 e. The van der Waals surface area contributed by atoms with Crippen LogP contribution in [0, 0.1) is 0 Å². The fourth-order valence-electron chi connectivity index (χ4n) is 3.18. The molecule has 3 N–H and O–H groups in total. The number of hydrogen-bond acceptors (Lipinski definition) is 4. The number of aliphatic carboxylic acids is 1. The molecule has 0 aliphatic heterocycles. The van der Waals surface area contributed by atoms with Crippen LogP contribution in [0.5, 0.6) is 0 Å². The Balaban J connectivity index is 4.43. The van der Waals surface area contributed by atoms with Gasteiger partial charge in [-0.05, 0) is 32.1 Å². The minimum absolute atomic E-state index is 0.0856. The first-order valence-corrected chi connectivity index (χ1v) is 11.3. The van der Waals surface area contributed by atoms with Gasteiger partial charge in [-0.2, -0.15) is 0 Å². The maximum Gasteiger partial charge on any atom is 0.320 e. The predicted molar refractivity (Wildman–Crippen MR) is 113 cm³/mol. The molecule has 0 aromatic rings. The molecule has 2 amide bonds. The van der Waals surface area contributed by atoms with E-state index in [1.165, 1.54) is 17.7 Å². The van der Waals surface area contributed by atoms with Gasteiger partial charge in [-0.3, -0.25) is 19.3 Å². The Morgan fingerprint density at radius 1 is 0.750 bits per heavy atom. The van der Waals surface area contributed by atoms with Crippen molar-refractivity contribution >= 4 is 17.8 Å². The highest BCUT2D eigenvalue weighted by molar-refractivity contribution is 5.95. The highest BCUT2D eigenvalue weighted by atomic mass is 16.4. The number of carbonyl (C=O) groups is 3. The number of carbonyl (C=O) groups excluding carboxylic acids is 2. The Morgan fingerprint density at radius 3 is 1.64 bits per heavy atom. The topological polar surface area (TPSA) is 101 Å². The van der Waals surface area contributed by atoms with Crippen LogP contribution >= 0.6 is 0 Å². The molecule has 0 aromatic carbocycles. The Kier molecular flexibility index (Phi) is 16.8. The molecule has 164 valence electrons. The quantitative estimate of drug-likeness (QED) is 0.327. The molecule has 6 nitrogen and oxygen atoms in total. The Hall–Kier alpha value is -1.43. The van der Waals surface area contributed by atoms with Crippen molar-refractivity contribution in [2.75, 3.05) is 6.54 Å². The number of amides is 2. The lowest BCUT2D eigenvalue weighted by atomic mass is 10.1. The summed E-state index contributed by atoms with van der Waals surface area (Å²) in [6, 6.07) is -0.878. The number of unbranched alkanes of at least 4 members (excludes halogenated alkanes) is 9. The molecular weight excluding hydrogens is 356 g/mol. The molecule has 0 aliphatic carbocycles. The summed E-state index contributed by atoms with van der Waals surface area (Å²) in [6.45, 7) is 4.68. The number of imide groups is 1. The summed E-state index contributed by atoms with van der Waals surface area (Å²) in [4.78, 5) is 37.3. The third-order valence-electron chi connectivity index (χ3n) is 5.05. The van der Waals surface area contributed by atoms with Gasteiger partial charge in [-0.15, -0.1) is 0 Å². The third-order valence-corrected chi connectivity index (χ3v) is 5.05. The van der Waals surface area contributed by atoms with E-state index in [2.05, 4.69) is 13.8 Å². The highest BCUT2D eigenvalue weighted by Crippen LogP contribution is 2.12. The zero-order chi connectivity index (χ0) is 21.2. The van der Waals surface area contributed by atoms with Crippen molar-refractivity contribution in [2.45, 2.75) is 116 Å². The van der Waals surface area contributed by atoms with E-state index >= 15 is 0 Å². The molecule has 28 heavy (non-hydrogen) atoms. The van der Waals surface area contributed by atoms with E-state index < -0.39 is 12.0 Å². The lowest BCUT2D eigenvalue weighted by molar-refractivity contribution is -0.145. The van der Waals surface area contributed by atoms with Crippen LogP contribution in [-0.4, -0.2) is 40.4 Å². The fraction of sp³-hybridized carbons (Fsp3) is 0.864. The maximum atomic E-state index is 12.6. The van der Waals surface area contributed by atoms with Gasteiger partial charge < -0.3 is 10.8 Å².